The van der Waals surface area contributed by atoms with Gasteiger partial charge in [0.15, 0.2) is 11.6 Å². The van der Waals surface area contributed by atoms with Crippen LogP contribution < -0.4 is 0 Å². The Labute approximate surface area is 91.3 Å². The molecule has 0 aliphatic rings. The maximum Gasteiger partial charge on any atom is 0.309 e. The molecule has 0 saturated carbocycles. The molecule has 0 saturated heterocycles. The first kappa shape index (κ1) is 12.4. The molecule has 1 aromatic carbocycles. The van der Waals surface area contributed by atoms with E-state index >= 15 is 0 Å². The number of hydrogen-bond donors (Lipinski definition) is 2. The van der Waals surface area contributed by atoms with Gasteiger partial charge in [0, 0.05) is 5.56 Å². The predicted molar refractivity (Wildman–Crippen MR) is 53.1 cm³/mol. The topological polar surface area (TPSA) is 57.5 Å². The molecule has 0 unspecified atom stereocenters. The van der Waals surface area contributed by atoms with Crippen molar-refractivity contribution in [3.05, 3.63) is 29.3 Å². The van der Waals surface area contributed by atoms with Crippen molar-refractivity contribution in [3.8, 4) is 5.75 Å². The van der Waals surface area contributed by atoms with Crippen LogP contribution in [0.25, 0.3) is 0 Å². The van der Waals surface area contributed by atoms with Crippen molar-refractivity contribution in [2.24, 2.45) is 5.41 Å². The first-order chi connectivity index (χ1) is 7.25. The van der Waals surface area contributed by atoms with Crippen LogP contribution in [-0.2, 0) is 11.2 Å². The number of carboxylic acid groups (broad SMARTS) is 1. The Kier molecular flexibility index (Phi) is 3.16. The zero-order chi connectivity index (χ0) is 12.5. The van der Waals surface area contributed by atoms with E-state index in [9.17, 15) is 13.6 Å². The van der Waals surface area contributed by atoms with Crippen LogP contribution in [0.4, 0.5) is 8.78 Å². The van der Waals surface area contributed by atoms with Gasteiger partial charge in [-0.15, -0.1) is 0 Å². The number of halogens is 2. The van der Waals surface area contributed by atoms with Crippen LogP contribution in [0.15, 0.2) is 12.1 Å². The van der Waals surface area contributed by atoms with Crippen molar-refractivity contribution in [1.29, 1.82) is 0 Å². The second kappa shape index (κ2) is 4.08. The Morgan fingerprint density at radius 2 is 1.94 bits per heavy atom. The molecule has 16 heavy (non-hydrogen) atoms. The quantitative estimate of drug-likeness (QED) is 0.837. The van der Waals surface area contributed by atoms with E-state index in [1.807, 2.05) is 0 Å². The van der Waals surface area contributed by atoms with Crippen molar-refractivity contribution < 1.29 is 23.8 Å². The molecule has 1 aromatic rings. The molecule has 0 fully saturated rings. The summed E-state index contributed by atoms with van der Waals surface area (Å²) in [7, 11) is 0. The molecular formula is C11H12F2O3. The summed E-state index contributed by atoms with van der Waals surface area (Å²) in [4.78, 5) is 10.8. The van der Waals surface area contributed by atoms with Gasteiger partial charge in [-0.3, -0.25) is 4.79 Å². The molecule has 0 aromatic heterocycles. The first-order valence-corrected chi connectivity index (χ1v) is 4.65. The van der Waals surface area contributed by atoms with E-state index in [0.717, 1.165) is 12.1 Å². The highest BCUT2D eigenvalue weighted by molar-refractivity contribution is 5.74. The van der Waals surface area contributed by atoms with Gasteiger partial charge >= 0.3 is 5.97 Å². The van der Waals surface area contributed by atoms with Gasteiger partial charge in [0.1, 0.15) is 5.82 Å². The van der Waals surface area contributed by atoms with E-state index in [1.165, 1.54) is 13.8 Å². The largest absolute Gasteiger partial charge is 0.505 e. The third kappa shape index (κ3) is 2.29. The first-order valence-electron chi connectivity index (χ1n) is 4.65. The second-order valence-corrected chi connectivity index (χ2v) is 4.22. The van der Waals surface area contributed by atoms with E-state index in [2.05, 4.69) is 0 Å². The second-order valence-electron chi connectivity index (χ2n) is 4.22. The Morgan fingerprint density at radius 3 is 2.44 bits per heavy atom. The molecule has 0 atom stereocenters. The predicted octanol–water partition coefficient (Wildman–Crippen LogP) is 2.32. The summed E-state index contributed by atoms with van der Waals surface area (Å²) in [6.45, 7) is 2.72. The summed E-state index contributed by atoms with van der Waals surface area (Å²) < 4.78 is 26.7. The fourth-order valence-corrected chi connectivity index (χ4v) is 1.26. The molecule has 2 N–H and O–H groups in total. The number of carboxylic acids is 1. The van der Waals surface area contributed by atoms with Gasteiger partial charge in [0.05, 0.1) is 5.41 Å². The average Bonchev–Trinajstić information content (AvgIpc) is 2.18. The zero-order valence-corrected chi connectivity index (χ0v) is 8.92. The summed E-state index contributed by atoms with van der Waals surface area (Å²) >= 11 is 0. The van der Waals surface area contributed by atoms with Crippen molar-refractivity contribution >= 4 is 5.97 Å². The van der Waals surface area contributed by atoms with Gasteiger partial charge in [-0.1, -0.05) is 0 Å². The molecule has 0 bridgehead atoms. The Balaban J connectivity index is 3.15. The summed E-state index contributed by atoms with van der Waals surface area (Å²) in [5, 5.41) is 17.9. The molecule has 0 radical (unpaired) electrons. The zero-order valence-electron chi connectivity index (χ0n) is 8.92. The van der Waals surface area contributed by atoms with E-state index in [4.69, 9.17) is 10.2 Å². The Hall–Kier alpha value is -1.65. The van der Waals surface area contributed by atoms with Crippen molar-refractivity contribution in [2.75, 3.05) is 0 Å². The van der Waals surface area contributed by atoms with Crippen LogP contribution in [0.2, 0.25) is 0 Å². The molecule has 88 valence electrons. The van der Waals surface area contributed by atoms with Gasteiger partial charge in [0.2, 0.25) is 0 Å². The molecule has 3 nitrogen and oxygen atoms in total. The summed E-state index contributed by atoms with van der Waals surface area (Å²) in [5.41, 5.74) is -1.71. The molecule has 0 aliphatic heterocycles. The van der Waals surface area contributed by atoms with Gasteiger partial charge in [0.25, 0.3) is 0 Å². The number of hydrogen-bond acceptors (Lipinski definition) is 2. The van der Waals surface area contributed by atoms with E-state index in [1.54, 1.807) is 0 Å². The van der Waals surface area contributed by atoms with Gasteiger partial charge in [-0.2, -0.15) is 0 Å². The van der Waals surface area contributed by atoms with Gasteiger partial charge in [-0.05, 0) is 32.4 Å². The van der Waals surface area contributed by atoms with Crippen LogP contribution in [-0.4, -0.2) is 16.2 Å². The standard InChI is InChI=1S/C11H12F2O3/c1-11(2,10(15)16)5-6-7(12)3-4-8(14)9(6)13/h3-4,14H,5H2,1-2H3,(H,15,16). The lowest BCUT2D eigenvalue weighted by molar-refractivity contribution is -0.146. The number of aromatic hydroxyl groups is 1. The van der Waals surface area contributed by atoms with Gasteiger partial charge < -0.3 is 10.2 Å². The van der Waals surface area contributed by atoms with Crippen LogP contribution in [0.3, 0.4) is 0 Å². The highest BCUT2D eigenvalue weighted by Gasteiger charge is 2.30. The minimum Gasteiger partial charge on any atom is -0.505 e. The monoisotopic (exact) mass is 230 g/mol. The van der Waals surface area contributed by atoms with Crippen molar-refractivity contribution in [2.45, 2.75) is 20.3 Å². The SMILES string of the molecule is CC(C)(Cc1c(F)ccc(O)c1F)C(=O)O. The normalized spacial score (nSPS) is 11.5. The average molecular weight is 230 g/mol. The Morgan fingerprint density at radius 1 is 1.38 bits per heavy atom. The van der Waals surface area contributed by atoms with Gasteiger partial charge in [-0.25, -0.2) is 8.78 Å². The number of carbonyl (C=O) groups is 1. The lowest BCUT2D eigenvalue weighted by Crippen LogP contribution is -2.27. The third-order valence-electron chi connectivity index (χ3n) is 2.36. The maximum atomic E-state index is 13.4. The smallest absolute Gasteiger partial charge is 0.309 e. The molecule has 5 heteroatoms. The molecule has 0 amide bonds. The van der Waals surface area contributed by atoms with Crippen LogP contribution in [0.1, 0.15) is 19.4 Å². The summed E-state index contributed by atoms with van der Waals surface area (Å²) in [6, 6.07) is 1.80. The lowest BCUT2D eigenvalue weighted by Gasteiger charge is -2.19. The van der Waals surface area contributed by atoms with Crippen molar-refractivity contribution in [3.63, 3.8) is 0 Å². The van der Waals surface area contributed by atoms with Crippen LogP contribution in [0.5, 0.6) is 5.75 Å². The minimum absolute atomic E-state index is 0.325. The highest BCUT2D eigenvalue weighted by atomic mass is 19.1. The van der Waals surface area contributed by atoms with Crippen LogP contribution in [0, 0.1) is 17.0 Å². The number of rotatable bonds is 3. The minimum atomic E-state index is -1.30. The van der Waals surface area contributed by atoms with E-state index in [0.29, 0.717) is 0 Å². The molecule has 0 spiro atoms. The molecular weight excluding hydrogens is 218 g/mol. The number of aliphatic carboxylic acids is 1. The molecule has 0 aliphatic carbocycles. The fraction of sp³-hybridized carbons (Fsp3) is 0.364. The fourth-order valence-electron chi connectivity index (χ4n) is 1.26. The number of benzene rings is 1. The van der Waals surface area contributed by atoms with Crippen LogP contribution >= 0.6 is 0 Å². The summed E-state index contributed by atoms with van der Waals surface area (Å²) in [5.74, 6) is -3.80. The lowest BCUT2D eigenvalue weighted by atomic mass is 9.85. The van der Waals surface area contributed by atoms with E-state index in [-0.39, 0.29) is 6.42 Å². The maximum absolute atomic E-state index is 13.4. The third-order valence-corrected chi connectivity index (χ3v) is 2.36. The molecule has 0 heterocycles. The highest BCUT2D eigenvalue weighted by Crippen LogP contribution is 2.29. The van der Waals surface area contributed by atoms with E-state index < -0.39 is 34.3 Å². The van der Waals surface area contributed by atoms with Crippen molar-refractivity contribution in [1.82, 2.24) is 0 Å². The Bertz CT molecular complexity index is 427. The number of phenolic OH excluding ortho intramolecular Hbond substituents is 1. The number of phenols is 1. The summed E-state index contributed by atoms with van der Waals surface area (Å²) in [6.07, 6.45) is -0.325. The molecule has 1 rings (SSSR count).